The summed E-state index contributed by atoms with van der Waals surface area (Å²) in [5.74, 6) is -3.28. The Labute approximate surface area is 364 Å². The van der Waals surface area contributed by atoms with Crippen molar-refractivity contribution in [3.63, 3.8) is 0 Å². The Morgan fingerprint density at radius 2 is 1.81 bits per heavy atom. The molecule has 2 aliphatic carbocycles. The maximum absolute atomic E-state index is 14.8. The van der Waals surface area contributed by atoms with Gasteiger partial charge in [-0.3, -0.25) is 19.2 Å². The molecule has 0 unspecified atom stereocenters. The van der Waals surface area contributed by atoms with Gasteiger partial charge in [0.25, 0.3) is 6.43 Å². The Morgan fingerprint density at radius 3 is 2.44 bits per heavy atom. The number of allylic oxidation sites excluding steroid dienone is 1. The van der Waals surface area contributed by atoms with Gasteiger partial charge < -0.3 is 24.4 Å². The van der Waals surface area contributed by atoms with Crippen LogP contribution in [-0.4, -0.2) is 97.8 Å². The van der Waals surface area contributed by atoms with Crippen LogP contribution in [0.2, 0.25) is 0 Å². The maximum Gasteiger partial charge on any atom is 0.362 e. The van der Waals surface area contributed by atoms with Crippen molar-refractivity contribution in [2.24, 2.45) is 22.7 Å². The minimum Gasteiger partial charge on any atom is -0.497 e. The number of ether oxygens (including phenoxy) is 3. The first-order chi connectivity index (χ1) is 29.2. The molecule has 338 valence electrons. The zero-order valence-corrected chi connectivity index (χ0v) is 37.4. The van der Waals surface area contributed by atoms with E-state index in [1.165, 1.54) is 22.3 Å². The van der Waals surface area contributed by atoms with Crippen molar-refractivity contribution in [1.82, 2.24) is 19.6 Å². The van der Waals surface area contributed by atoms with E-state index in [-0.39, 0.29) is 38.0 Å². The quantitative estimate of drug-likeness (QED) is 0.0937. The fraction of sp³-hybridized carbons (Fsp3) is 0.581. The third-order valence-electron chi connectivity index (χ3n) is 11.6. The number of nitrogens with one attached hydrogen (secondary N) is 2. The average molecular weight is 904 g/mol. The van der Waals surface area contributed by atoms with E-state index in [1.54, 1.807) is 36.1 Å². The fourth-order valence-electron chi connectivity index (χ4n) is 8.22. The van der Waals surface area contributed by atoms with Crippen LogP contribution < -0.4 is 19.5 Å². The molecule has 0 spiro atoms. The Balaban J connectivity index is 1.33. The van der Waals surface area contributed by atoms with E-state index in [0.29, 0.717) is 38.9 Å². The van der Waals surface area contributed by atoms with Gasteiger partial charge in [0.1, 0.15) is 36.0 Å². The van der Waals surface area contributed by atoms with Crippen LogP contribution >= 0.6 is 11.3 Å². The molecule has 5 atom stereocenters. The van der Waals surface area contributed by atoms with Crippen LogP contribution in [0.25, 0.3) is 22.3 Å². The van der Waals surface area contributed by atoms with Crippen molar-refractivity contribution in [1.29, 1.82) is 0 Å². The van der Waals surface area contributed by atoms with Crippen LogP contribution in [-0.2, 0) is 38.4 Å². The molecule has 15 nitrogen and oxygen atoms in total. The monoisotopic (exact) mass is 903 g/mol. The van der Waals surface area contributed by atoms with Gasteiger partial charge in [-0.25, -0.2) is 27.7 Å². The lowest BCUT2D eigenvalue weighted by Gasteiger charge is -2.35. The molecule has 2 saturated carbocycles. The number of thiazole rings is 1. The summed E-state index contributed by atoms with van der Waals surface area (Å²) in [5.41, 5.74) is -0.727. The molecule has 2 N–H and O–H groups in total. The Hall–Kier alpha value is -4.75. The molecular weight excluding hydrogens is 849 g/mol. The molecule has 3 aromatic rings. The molecule has 1 aliphatic heterocycles. The normalized spacial score (nSPS) is 22.2. The number of carbonyl (C=O) groups excluding carboxylic acids is 4. The molecule has 3 aliphatic rings. The molecule has 62 heavy (non-hydrogen) atoms. The number of fused-ring (bicyclic) bond motifs is 1. The summed E-state index contributed by atoms with van der Waals surface area (Å²) in [6.07, 6.45) is -0.0353. The summed E-state index contributed by atoms with van der Waals surface area (Å²) < 4.78 is 74.4. The third-order valence-corrected chi connectivity index (χ3v) is 13.3. The van der Waals surface area contributed by atoms with Crippen LogP contribution in [0.3, 0.4) is 0 Å². The highest BCUT2D eigenvalue weighted by molar-refractivity contribution is 7.85. The van der Waals surface area contributed by atoms with Gasteiger partial charge >= 0.3 is 16.3 Å². The fourth-order valence-corrected chi connectivity index (χ4v) is 9.84. The van der Waals surface area contributed by atoms with E-state index in [9.17, 15) is 36.4 Å². The van der Waals surface area contributed by atoms with Gasteiger partial charge in [0, 0.05) is 41.8 Å². The predicted octanol–water partition coefficient (Wildman–Crippen LogP) is 6.87. The van der Waals surface area contributed by atoms with E-state index >= 15 is 0 Å². The summed E-state index contributed by atoms with van der Waals surface area (Å²) in [7, 11) is -3.40. The second-order valence-corrected chi connectivity index (χ2v) is 19.8. The number of hydrogen-bond donors (Lipinski definition) is 2. The van der Waals surface area contributed by atoms with Gasteiger partial charge in [-0.15, -0.1) is 17.9 Å². The number of benzene rings is 1. The second kappa shape index (κ2) is 18.9. The Bertz CT molecular complexity index is 2280. The van der Waals surface area contributed by atoms with Crippen molar-refractivity contribution in [2.45, 2.75) is 117 Å². The average Bonchev–Trinajstić information content (AvgIpc) is 3.61. The van der Waals surface area contributed by atoms with Gasteiger partial charge in [-0.1, -0.05) is 26.8 Å². The first kappa shape index (κ1) is 46.7. The number of methoxy groups -OCH3 is 1. The van der Waals surface area contributed by atoms with Gasteiger partial charge in [0.2, 0.25) is 11.8 Å². The first-order valence-electron chi connectivity index (χ1n) is 20.7. The lowest BCUT2D eigenvalue weighted by atomic mass is 9.77. The lowest BCUT2D eigenvalue weighted by molar-refractivity contribution is -0.156. The minimum absolute atomic E-state index is 0.0192. The summed E-state index contributed by atoms with van der Waals surface area (Å²) in [5, 5.41) is 6.49. The molecule has 0 bridgehead atoms. The molecule has 2 amide bonds. The zero-order chi connectivity index (χ0) is 45.1. The van der Waals surface area contributed by atoms with Crippen LogP contribution in [0.15, 0.2) is 42.3 Å². The number of carbonyl (C=O) groups is 4. The number of nitrogens with zero attached hydrogens (tertiary/aromatic N) is 3. The Kier molecular flexibility index (Phi) is 14.3. The number of alkyl halides is 2. The van der Waals surface area contributed by atoms with Crippen LogP contribution in [0.1, 0.15) is 86.0 Å². The maximum atomic E-state index is 14.8. The van der Waals surface area contributed by atoms with Crippen LogP contribution in [0.4, 0.5) is 13.9 Å². The molecule has 2 aromatic heterocycles. The largest absolute Gasteiger partial charge is 0.497 e. The van der Waals surface area contributed by atoms with Gasteiger partial charge in [0.05, 0.1) is 48.7 Å². The number of anilines is 1. The Morgan fingerprint density at radius 1 is 1.08 bits per heavy atom. The summed E-state index contributed by atoms with van der Waals surface area (Å²) in [4.78, 5) is 67.4. The van der Waals surface area contributed by atoms with Gasteiger partial charge in [-0.05, 0) is 69.4 Å². The highest BCUT2D eigenvalue weighted by atomic mass is 32.2. The van der Waals surface area contributed by atoms with Crippen molar-refractivity contribution >= 4 is 61.2 Å². The summed E-state index contributed by atoms with van der Waals surface area (Å²) in [6.45, 7) is 11.7. The van der Waals surface area contributed by atoms with E-state index in [1.807, 2.05) is 40.0 Å². The summed E-state index contributed by atoms with van der Waals surface area (Å²) in [6, 6.07) is 6.04. The zero-order valence-electron chi connectivity index (χ0n) is 35.8. The van der Waals surface area contributed by atoms with Crippen LogP contribution in [0.5, 0.6) is 11.5 Å². The standard InChI is InChI=1S/C43H55F2N5O10S2/c1-8-25-19-43(25,40(54)49-62(55,56)58-22-37(44)45)20-35(51)34-16-28(21-50(34)39(53)30(42(4,5)6)17-38(52)60-26-11-9-10-12-26)59-36-18-32(33-23-61-41(48-33)46-24(2)3)47-31-15-27(57-7)13-14-29(31)36/h8,13-15,18,23-26,28,30,34,37H,1,9-12,16-17,19-22H2,2-7H3,(H,46,48)(H,49,54)/t25-,28-,30-,34+,43-/m1/s1. The SMILES string of the molecule is C=C[C@@H]1C[C@]1(CC(=O)[C@@H]1C[C@@H](Oc2cc(-c3csc(NC(C)C)n3)nc3cc(OC)ccc23)CN1C(=O)[C@@H](CC(=O)OC1CCCC1)C(C)(C)C)C(=O)NS(=O)(=O)OCC(F)F. The first-order valence-corrected chi connectivity index (χ1v) is 23.0. The smallest absolute Gasteiger partial charge is 0.362 e. The number of ketones is 1. The minimum atomic E-state index is -4.95. The van der Waals surface area contributed by atoms with E-state index in [0.717, 1.165) is 25.7 Å². The topological polar surface area (TPSA) is 192 Å². The number of Topliss-reactive ketones (excluding diaryl/α,β-unsaturated/α-hetero) is 1. The molecule has 1 aromatic carbocycles. The van der Waals surface area contributed by atoms with Gasteiger partial charge in [0.15, 0.2) is 10.9 Å². The van der Waals surface area contributed by atoms with Gasteiger partial charge in [-0.2, -0.15) is 8.42 Å². The number of hydrogen-bond acceptors (Lipinski definition) is 14. The van der Waals surface area contributed by atoms with E-state index < -0.39 is 88.1 Å². The van der Waals surface area contributed by atoms with E-state index in [4.69, 9.17) is 24.2 Å². The number of aromatic nitrogens is 2. The number of likely N-dealkylation sites (tertiary alicyclic amines) is 1. The highest BCUT2D eigenvalue weighted by Gasteiger charge is 2.61. The summed E-state index contributed by atoms with van der Waals surface area (Å²) >= 11 is 1.42. The molecule has 6 rings (SSSR count). The van der Waals surface area contributed by atoms with Crippen molar-refractivity contribution in [3.8, 4) is 22.9 Å². The number of pyridine rings is 1. The van der Waals surface area contributed by atoms with Crippen LogP contribution in [0, 0.1) is 22.7 Å². The van der Waals surface area contributed by atoms with Crippen molar-refractivity contribution in [3.05, 3.63) is 42.3 Å². The predicted molar refractivity (Wildman–Crippen MR) is 228 cm³/mol. The number of amides is 2. The molecule has 19 heteroatoms. The molecule has 1 saturated heterocycles. The highest BCUT2D eigenvalue weighted by Crippen LogP contribution is 2.57. The number of esters is 1. The van der Waals surface area contributed by atoms with E-state index in [2.05, 4.69) is 16.1 Å². The lowest BCUT2D eigenvalue weighted by Crippen LogP contribution is -2.48. The second-order valence-electron chi connectivity index (χ2n) is 17.6. The number of rotatable bonds is 19. The van der Waals surface area contributed by atoms with Crippen molar-refractivity contribution in [2.75, 3.05) is 25.6 Å². The molecular formula is C43H55F2N5O10S2. The molecule has 0 radical (unpaired) electrons. The molecule has 3 heterocycles. The van der Waals surface area contributed by atoms with Crippen molar-refractivity contribution < 1.29 is 54.8 Å². The molecule has 3 fully saturated rings. The third kappa shape index (κ3) is 11.1. The number of halogens is 2.